The molecule has 0 aliphatic carbocycles. The van der Waals surface area contributed by atoms with Crippen molar-refractivity contribution >= 4 is 24.8 Å². The quantitative estimate of drug-likeness (QED) is 0.582. The van der Waals surface area contributed by atoms with Gasteiger partial charge in [-0.05, 0) is 24.5 Å². The van der Waals surface area contributed by atoms with Crippen molar-refractivity contribution < 1.29 is 30.7 Å². The molecule has 0 amide bonds. The molecule has 164 valence electrons. The van der Waals surface area contributed by atoms with Gasteiger partial charge in [0, 0.05) is 37.8 Å². The lowest BCUT2D eigenvalue weighted by molar-refractivity contribution is -0.144. The fourth-order valence-electron chi connectivity index (χ4n) is 3.24. The SMILES string of the molecule is CC(C)C[C@H](c1c(F)cc(C(F)(F)F)cc1C(F)(F)F)N1CCNCC1.Cl.Cl. The summed E-state index contributed by atoms with van der Waals surface area (Å²) >= 11 is 0. The molecule has 1 aliphatic rings. The van der Waals surface area contributed by atoms with E-state index in [1.165, 1.54) is 0 Å². The Morgan fingerprint density at radius 1 is 0.964 bits per heavy atom. The molecule has 2 rings (SSSR count). The van der Waals surface area contributed by atoms with Crippen LogP contribution in [-0.4, -0.2) is 31.1 Å². The molecule has 0 aromatic heterocycles. The minimum absolute atomic E-state index is 0. The van der Waals surface area contributed by atoms with E-state index in [1.807, 2.05) is 0 Å². The van der Waals surface area contributed by atoms with Gasteiger partial charge in [0.2, 0.25) is 0 Å². The fraction of sp³-hybridized carbons (Fsp3) is 0.647. The van der Waals surface area contributed by atoms with Crippen molar-refractivity contribution in [3.63, 3.8) is 0 Å². The molecule has 1 atom stereocenters. The average Bonchev–Trinajstić information content (AvgIpc) is 2.51. The van der Waals surface area contributed by atoms with E-state index < -0.39 is 40.9 Å². The third-order valence-corrected chi connectivity index (χ3v) is 4.38. The van der Waals surface area contributed by atoms with Crippen molar-refractivity contribution in [1.82, 2.24) is 10.2 Å². The van der Waals surface area contributed by atoms with Crippen LogP contribution < -0.4 is 5.32 Å². The van der Waals surface area contributed by atoms with Crippen molar-refractivity contribution in [1.29, 1.82) is 0 Å². The van der Waals surface area contributed by atoms with Gasteiger partial charge in [-0.3, -0.25) is 4.90 Å². The van der Waals surface area contributed by atoms with Gasteiger partial charge in [-0.2, -0.15) is 26.3 Å². The maximum atomic E-state index is 14.6. The van der Waals surface area contributed by atoms with E-state index in [1.54, 1.807) is 18.7 Å². The summed E-state index contributed by atoms with van der Waals surface area (Å²) in [7, 11) is 0. The number of nitrogens with one attached hydrogen (secondary N) is 1. The second-order valence-electron chi connectivity index (χ2n) is 6.85. The van der Waals surface area contributed by atoms with E-state index in [4.69, 9.17) is 0 Å². The van der Waals surface area contributed by atoms with Crippen LogP contribution in [0.25, 0.3) is 0 Å². The number of rotatable bonds is 4. The number of hydrogen-bond acceptors (Lipinski definition) is 2. The molecule has 0 saturated carbocycles. The van der Waals surface area contributed by atoms with Gasteiger partial charge in [0.1, 0.15) is 5.82 Å². The molecule has 11 heteroatoms. The minimum Gasteiger partial charge on any atom is -0.314 e. The van der Waals surface area contributed by atoms with Gasteiger partial charge in [-0.15, -0.1) is 24.8 Å². The monoisotopic (exact) mass is 458 g/mol. The molecule has 1 aromatic rings. The Morgan fingerprint density at radius 3 is 1.93 bits per heavy atom. The molecule has 1 N–H and O–H groups in total. The predicted octanol–water partition coefficient (Wildman–Crippen LogP) is 5.70. The molecule has 0 unspecified atom stereocenters. The van der Waals surface area contributed by atoms with Gasteiger partial charge in [0.25, 0.3) is 0 Å². The lowest BCUT2D eigenvalue weighted by Crippen LogP contribution is -2.46. The van der Waals surface area contributed by atoms with Crippen LogP contribution in [0.1, 0.15) is 43.0 Å². The molecule has 2 nitrogen and oxygen atoms in total. The highest BCUT2D eigenvalue weighted by Gasteiger charge is 2.42. The van der Waals surface area contributed by atoms with Gasteiger partial charge < -0.3 is 5.32 Å². The van der Waals surface area contributed by atoms with E-state index in [9.17, 15) is 30.7 Å². The lowest BCUT2D eigenvalue weighted by Gasteiger charge is -2.37. The van der Waals surface area contributed by atoms with Gasteiger partial charge in [0.15, 0.2) is 0 Å². The second kappa shape index (κ2) is 10.3. The molecule has 28 heavy (non-hydrogen) atoms. The van der Waals surface area contributed by atoms with Crippen LogP contribution in [0.3, 0.4) is 0 Å². The number of hydrogen-bond donors (Lipinski definition) is 1. The van der Waals surface area contributed by atoms with Crippen LogP contribution in [0, 0.1) is 11.7 Å². The highest BCUT2D eigenvalue weighted by molar-refractivity contribution is 5.85. The first-order chi connectivity index (χ1) is 11.9. The number of benzene rings is 1. The summed E-state index contributed by atoms with van der Waals surface area (Å²) in [5, 5.41) is 3.06. The predicted molar refractivity (Wildman–Crippen MR) is 97.5 cm³/mol. The number of nitrogens with zero attached hydrogens (tertiary/aromatic N) is 1. The molecular weight excluding hydrogens is 436 g/mol. The first-order valence-electron chi connectivity index (χ1n) is 8.34. The summed E-state index contributed by atoms with van der Waals surface area (Å²) < 4.78 is 93.7. The molecule has 1 fully saturated rings. The molecule has 1 saturated heterocycles. The zero-order valence-electron chi connectivity index (χ0n) is 15.3. The summed E-state index contributed by atoms with van der Waals surface area (Å²) in [5.74, 6) is -1.52. The normalized spacial score (nSPS) is 17.1. The van der Waals surface area contributed by atoms with E-state index in [-0.39, 0.29) is 49.3 Å². The summed E-state index contributed by atoms with van der Waals surface area (Å²) in [6, 6.07) is -0.746. The van der Waals surface area contributed by atoms with Crippen molar-refractivity contribution in [2.75, 3.05) is 26.2 Å². The fourth-order valence-corrected chi connectivity index (χ4v) is 3.24. The van der Waals surface area contributed by atoms with E-state index in [0.717, 1.165) is 0 Å². The summed E-state index contributed by atoms with van der Waals surface area (Å²) in [6.07, 6.45) is -9.92. The Bertz CT molecular complexity index is 627. The molecule has 0 spiro atoms. The first-order valence-corrected chi connectivity index (χ1v) is 8.34. The largest absolute Gasteiger partial charge is 0.416 e. The van der Waals surface area contributed by atoms with Crippen molar-refractivity contribution in [3.8, 4) is 0 Å². The first kappa shape index (κ1) is 27.2. The van der Waals surface area contributed by atoms with Crippen LogP contribution >= 0.6 is 24.8 Å². The zero-order valence-corrected chi connectivity index (χ0v) is 16.9. The van der Waals surface area contributed by atoms with Crippen LogP contribution in [0.2, 0.25) is 0 Å². The number of alkyl halides is 6. The van der Waals surface area contributed by atoms with Gasteiger partial charge in [-0.1, -0.05) is 13.8 Å². The molecular formula is C17H23Cl2F7N2. The highest BCUT2D eigenvalue weighted by Crippen LogP contribution is 2.43. The molecule has 1 aromatic carbocycles. The highest BCUT2D eigenvalue weighted by atomic mass is 35.5. The molecule has 0 bridgehead atoms. The number of piperazine rings is 1. The van der Waals surface area contributed by atoms with Gasteiger partial charge in [-0.25, -0.2) is 4.39 Å². The van der Waals surface area contributed by atoms with Gasteiger partial charge >= 0.3 is 12.4 Å². The standard InChI is InChI=1S/C17H21F7N2.2ClH/c1-10(2)7-14(26-5-3-25-4-6-26)15-12(17(22,23)24)8-11(9-13(15)18)16(19,20)21;;/h8-10,14,25H,3-7H2,1-2H3;2*1H/t14-;;/m1../s1. The maximum absolute atomic E-state index is 14.6. The Kier molecular flexibility index (Phi) is 10.0. The molecule has 1 aliphatic heterocycles. The summed E-state index contributed by atoms with van der Waals surface area (Å²) in [6.45, 7) is 5.41. The maximum Gasteiger partial charge on any atom is 0.416 e. The summed E-state index contributed by atoms with van der Waals surface area (Å²) in [4.78, 5) is 1.71. The van der Waals surface area contributed by atoms with Crippen molar-refractivity contribution in [3.05, 3.63) is 34.6 Å². The van der Waals surface area contributed by atoms with E-state index in [0.29, 0.717) is 26.2 Å². The zero-order chi connectivity index (χ0) is 19.7. The Balaban J connectivity index is 0.00000364. The van der Waals surface area contributed by atoms with Crippen molar-refractivity contribution in [2.45, 2.75) is 38.7 Å². The Hall–Kier alpha value is -0.770. The van der Waals surface area contributed by atoms with Crippen molar-refractivity contribution in [2.24, 2.45) is 5.92 Å². The lowest BCUT2D eigenvalue weighted by atomic mass is 9.89. The third kappa shape index (κ3) is 6.64. The second-order valence-corrected chi connectivity index (χ2v) is 6.85. The molecule has 1 heterocycles. The van der Waals surface area contributed by atoms with E-state index >= 15 is 0 Å². The van der Waals surface area contributed by atoms with Gasteiger partial charge in [0.05, 0.1) is 11.1 Å². The van der Waals surface area contributed by atoms with Crippen LogP contribution in [-0.2, 0) is 12.4 Å². The van der Waals surface area contributed by atoms with E-state index in [2.05, 4.69) is 5.32 Å². The Labute approximate surface area is 171 Å². The summed E-state index contributed by atoms with van der Waals surface area (Å²) in [5.41, 5.74) is -3.87. The van der Waals surface area contributed by atoms with Crippen LogP contribution in [0.4, 0.5) is 30.7 Å². The van der Waals surface area contributed by atoms with Crippen LogP contribution in [0.15, 0.2) is 12.1 Å². The average molecular weight is 459 g/mol. The molecule has 0 radical (unpaired) electrons. The smallest absolute Gasteiger partial charge is 0.314 e. The van der Waals surface area contributed by atoms with Crippen LogP contribution in [0.5, 0.6) is 0 Å². The Morgan fingerprint density at radius 2 is 1.50 bits per heavy atom. The topological polar surface area (TPSA) is 15.3 Å². The third-order valence-electron chi connectivity index (χ3n) is 4.38. The number of halogens is 9. The minimum atomic E-state index is -5.08.